The van der Waals surface area contributed by atoms with E-state index in [0.29, 0.717) is 5.92 Å². The molecule has 0 spiro atoms. The van der Waals surface area contributed by atoms with Crippen LogP contribution in [0, 0.1) is 11.8 Å². The van der Waals surface area contributed by atoms with E-state index >= 15 is 0 Å². The van der Waals surface area contributed by atoms with Crippen LogP contribution in [0.3, 0.4) is 0 Å². The summed E-state index contributed by atoms with van der Waals surface area (Å²) in [4.78, 5) is 2.67. The zero-order valence-corrected chi connectivity index (χ0v) is 42.8. The lowest BCUT2D eigenvalue weighted by atomic mass is 9.66. The van der Waals surface area contributed by atoms with E-state index in [9.17, 15) is 0 Å². The Hall–Kier alpha value is -8.63. The molecule has 0 saturated carbocycles. The molecule has 0 saturated heterocycles. The topological polar surface area (TPSA) is 43.2 Å². The number of rotatable bonds is 4. The Morgan fingerprint density at radius 2 is 1.25 bits per heavy atom. The molecule has 5 heterocycles. The summed E-state index contributed by atoms with van der Waals surface area (Å²) in [5.74, 6) is 3.49. The first kappa shape index (κ1) is 41.7. The first-order chi connectivity index (χ1) is 37.5. The normalized spacial score (nSPS) is 20.4. The van der Waals surface area contributed by atoms with Gasteiger partial charge in [-0.3, -0.25) is 4.40 Å². The van der Waals surface area contributed by atoms with Crippen LogP contribution in [0.1, 0.15) is 87.2 Å². The predicted molar refractivity (Wildman–Crippen MR) is 307 cm³/mol. The third kappa shape index (κ3) is 4.89. The number of ether oxygens (including phenoxy) is 1. The van der Waals surface area contributed by atoms with Crippen molar-refractivity contribution in [3.8, 4) is 16.9 Å². The Labute approximate surface area is 440 Å². The van der Waals surface area contributed by atoms with Gasteiger partial charge in [0, 0.05) is 12.3 Å². The van der Waals surface area contributed by atoms with Crippen LogP contribution in [0.25, 0.3) is 61.4 Å². The third-order valence-corrected chi connectivity index (χ3v) is 21.1. The van der Waals surface area contributed by atoms with E-state index in [1.165, 1.54) is 93.5 Å². The fraction of sp³-hybridized carbons (Fsp3) is 0.129. The van der Waals surface area contributed by atoms with Crippen molar-refractivity contribution in [1.29, 1.82) is 0 Å². The summed E-state index contributed by atoms with van der Waals surface area (Å²) in [6.45, 7) is 4.73. The maximum Gasteiger partial charge on any atom is 0.224 e. The van der Waals surface area contributed by atoms with Gasteiger partial charge >= 0.3 is 0 Å². The highest BCUT2D eigenvalue weighted by Gasteiger charge is 2.55. The van der Waals surface area contributed by atoms with Gasteiger partial charge < -0.3 is 18.5 Å². The average Bonchev–Trinajstić information content (AvgIpc) is 4.09. The zero-order chi connectivity index (χ0) is 49.8. The molecule has 4 atom stereocenters. The summed E-state index contributed by atoms with van der Waals surface area (Å²) in [6, 6.07) is 67.7. The number of aromatic nitrogens is 1. The van der Waals surface area contributed by atoms with E-state index in [4.69, 9.17) is 13.6 Å². The van der Waals surface area contributed by atoms with Crippen molar-refractivity contribution in [1.82, 2.24) is 4.40 Å². The molecule has 5 aliphatic carbocycles. The molecule has 76 heavy (non-hydrogen) atoms. The highest BCUT2D eigenvalue weighted by molar-refractivity contribution is 7.54. The molecule has 2 aliphatic heterocycles. The molecular weight excluding hydrogens is 948 g/mol. The number of fused-ring (bicyclic) bond motifs is 11. The van der Waals surface area contributed by atoms with Crippen LogP contribution in [0.15, 0.2) is 226 Å². The van der Waals surface area contributed by atoms with E-state index < -0.39 is 18.2 Å². The largest absolute Gasteiger partial charge is 0.457 e. The minimum Gasteiger partial charge on any atom is -0.457 e. The number of allylic oxidation sites excluding steroid dienone is 6. The monoisotopic (exact) mass is 995 g/mol. The van der Waals surface area contributed by atoms with Crippen LogP contribution in [0.4, 0.5) is 5.69 Å². The van der Waals surface area contributed by atoms with Gasteiger partial charge in [0.1, 0.15) is 23.0 Å². The fourth-order valence-corrected chi connectivity index (χ4v) is 18.7. The smallest absolute Gasteiger partial charge is 0.224 e. The molecule has 0 amide bonds. The van der Waals surface area contributed by atoms with Crippen LogP contribution in [0.5, 0.6) is 5.75 Å². The molecule has 5 nitrogen and oxygen atoms in total. The maximum atomic E-state index is 7.50. The van der Waals surface area contributed by atoms with E-state index in [2.05, 4.69) is 236 Å². The molecule has 8 aromatic carbocycles. The van der Waals surface area contributed by atoms with E-state index in [1.54, 1.807) is 0 Å². The first-order valence-corrected chi connectivity index (χ1v) is 28.3. The Balaban J connectivity index is 0.953. The van der Waals surface area contributed by atoms with E-state index in [-0.39, 0.29) is 12.0 Å². The summed E-state index contributed by atoms with van der Waals surface area (Å²) in [7, 11) is -1.08. The molecule has 6 heteroatoms. The summed E-state index contributed by atoms with van der Waals surface area (Å²) in [5.41, 5.74) is 21.3. The summed E-state index contributed by atoms with van der Waals surface area (Å²) in [6.07, 6.45) is 13.8. The Morgan fingerprint density at radius 3 is 1.97 bits per heavy atom. The van der Waals surface area contributed by atoms with Gasteiger partial charge in [-0.1, -0.05) is 184 Å². The van der Waals surface area contributed by atoms with Crippen molar-refractivity contribution in [2.24, 2.45) is 11.8 Å². The molecule has 3 aromatic heterocycles. The number of nitrogens with zero attached hydrogens (tertiary/aromatic N) is 2. The third-order valence-electron chi connectivity index (χ3n) is 18.4. The van der Waals surface area contributed by atoms with Gasteiger partial charge in [-0.25, -0.2) is 0 Å². The van der Waals surface area contributed by atoms with Gasteiger partial charge in [0.05, 0.1) is 27.4 Å². The van der Waals surface area contributed by atoms with Crippen molar-refractivity contribution in [2.45, 2.75) is 43.6 Å². The van der Waals surface area contributed by atoms with Gasteiger partial charge in [0.2, 0.25) is 10.4 Å². The number of hydrogen-bond donors (Lipinski definition) is 0. The van der Waals surface area contributed by atoms with Gasteiger partial charge in [-0.05, 0) is 122 Å². The van der Waals surface area contributed by atoms with Crippen molar-refractivity contribution in [3.05, 3.63) is 284 Å². The highest BCUT2D eigenvalue weighted by atomic mass is 31.1. The van der Waals surface area contributed by atoms with Gasteiger partial charge in [-0.2, -0.15) is 0 Å². The van der Waals surface area contributed by atoms with Crippen LogP contribution in [-0.2, 0) is 17.3 Å². The molecule has 0 bridgehead atoms. The maximum absolute atomic E-state index is 7.50. The molecule has 360 valence electrons. The number of anilines is 1. The Bertz CT molecular complexity index is 4570. The Kier molecular flexibility index (Phi) is 8.01. The molecule has 0 fully saturated rings. The lowest BCUT2D eigenvalue weighted by Crippen LogP contribution is -2.41. The van der Waals surface area contributed by atoms with Gasteiger partial charge in [0.25, 0.3) is 0 Å². The minimum atomic E-state index is -1.08. The second-order valence-electron chi connectivity index (χ2n) is 22.1. The molecule has 0 radical (unpaired) electrons. The standard InChI is InChI=1S/C70H48N2O3P/c1-40-19-17-30-50-62(40)48-37-60-56(39-52(48)70(50,44-24-11-5-12-25-44)45-26-13-6-14-27-45)72-54-32-18-31-53-66(54)76-67-58(74-61-35-41(2)65(75-60)64(72)68(61)76)34-33-57-63(67)71(53)55-38-51-47(36-59(55)73-57)46-28-15-16-29-49(46)69(51,42-20-7-3-8-21-42)43-22-9-4-10-23-43/h3-18,20-34,36-41,54H,19,35H2,1-2H3/q+1. The number of benzene rings is 8. The van der Waals surface area contributed by atoms with E-state index in [1.807, 2.05) is 0 Å². The molecule has 7 aliphatic rings. The van der Waals surface area contributed by atoms with Gasteiger partial charge in [-0.15, -0.1) is 0 Å². The minimum absolute atomic E-state index is 0.0989. The molecule has 11 aromatic rings. The van der Waals surface area contributed by atoms with Crippen molar-refractivity contribution in [3.63, 3.8) is 0 Å². The molecule has 0 N–H and O–H groups in total. The summed E-state index contributed by atoms with van der Waals surface area (Å²) in [5, 5.41) is 5.16. The van der Waals surface area contributed by atoms with Crippen LogP contribution in [0.2, 0.25) is 0 Å². The summed E-state index contributed by atoms with van der Waals surface area (Å²) >= 11 is 0. The van der Waals surface area contributed by atoms with Crippen LogP contribution >= 0.6 is 7.34 Å². The lowest BCUT2D eigenvalue weighted by Gasteiger charge is -2.44. The molecular formula is C70H48N2O3P+. The highest BCUT2D eigenvalue weighted by Crippen LogP contribution is 2.66. The zero-order valence-electron chi connectivity index (χ0n) is 41.9. The van der Waals surface area contributed by atoms with Crippen molar-refractivity contribution in [2.75, 3.05) is 4.90 Å². The lowest BCUT2D eigenvalue weighted by molar-refractivity contribution is 0.333. The second kappa shape index (κ2) is 14.6. The van der Waals surface area contributed by atoms with Crippen molar-refractivity contribution >= 4 is 63.3 Å². The van der Waals surface area contributed by atoms with Crippen LogP contribution < -0.4 is 15.0 Å². The number of hydrogen-bond acceptors (Lipinski definition) is 4. The Morgan fingerprint density at radius 1 is 0.592 bits per heavy atom. The van der Waals surface area contributed by atoms with Crippen molar-refractivity contribution < 1.29 is 13.6 Å². The molecule has 18 rings (SSSR count). The predicted octanol–water partition coefficient (Wildman–Crippen LogP) is 16.7. The first-order valence-electron chi connectivity index (χ1n) is 27.0. The average molecular weight is 996 g/mol. The van der Waals surface area contributed by atoms with Crippen LogP contribution in [-0.4, -0.2) is 4.40 Å². The second-order valence-corrected chi connectivity index (χ2v) is 24.1. The van der Waals surface area contributed by atoms with Gasteiger partial charge in [0.15, 0.2) is 40.9 Å². The fourth-order valence-electron chi connectivity index (χ4n) is 15.5. The summed E-state index contributed by atoms with van der Waals surface area (Å²) < 4.78 is 24.7. The SMILES string of the molecule is CC1Cc2oc3ccc4oc5cc6c(cc5n5c7c8[p+](c2C2=C1Oc1cc9c(cc1N2C8C=CC=7)C(c1ccccc1)(c1ccccc1)C1=C9C(C)CC=C1)c3c45)C(c1ccccc1)(c1ccccc1)c1ccccc1-6. The quantitative estimate of drug-likeness (QED) is 0.130. The molecule has 4 unspecified atom stereocenters. The van der Waals surface area contributed by atoms with E-state index in [0.717, 1.165) is 63.6 Å².